The molecule has 0 saturated carbocycles. The zero-order chi connectivity index (χ0) is 21.1. The molecular formula is C25H25Cl2NO2. The van der Waals surface area contributed by atoms with Gasteiger partial charge in [-0.1, -0.05) is 59.6 Å². The van der Waals surface area contributed by atoms with Crippen molar-refractivity contribution < 1.29 is 9.47 Å². The van der Waals surface area contributed by atoms with Crippen LogP contribution in [0.2, 0.25) is 10.0 Å². The van der Waals surface area contributed by atoms with E-state index in [-0.39, 0.29) is 0 Å². The molecule has 3 aromatic rings. The van der Waals surface area contributed by atoms with E-state index in [1.54, 1.807) is 14.2 Å². The Morgan fingerprint density at radius 1 is 0.933 bits per heavy atom. The molecule has 0 bridgehead atoms. The average Bonchev–Trinajstić information content (AvgIpc) is 2.77. The summed E-state index contributed by atoms with van der Waals surface area (Å²) in [4.78, 5) is 2.47. The molecule has 0 N–H and O–H groups in total. The first-order valence-electron chi connectivity index (χ1n) is 10.1. The van der Waals surface area contributed by atoms with Crippen molar-refractivity contribution in [2.24, 2.45) is 0 Å². The molecule has 1 heterocycles. The van der Waals surface area contributed by atoms with Gasteiger partial charge in [0.2, 0.25) is 0 Å². The third kappa shape index (κ3) is 4.15. The number of halogens is 2. The Balaban J connectivity index is 1.70. The summed E-state index contributed by atoms with van der Waals surface area (Å²) >= 11 is 13.0. The highest BCUT2D eigenvalue weighted by atomic mass is 35.5. The van der Waals surface area contributed by atoms with Crippen LogP contribution in [-0.2, 0) is 19.4 Å². The Bertz CT molecular complexity index is 1050. The minimum atomic E-state index is 0.708. The van der Waals surface area contributed by atoms with Crippen molar-refractivity contribution in [3.8, 4) is 22.6 Å². The van der Waals surface area contributed by atoms with E-state index in [0.717, 1.165) is 60.1 Å². The third-order valence-electron chi connectivity index (χ3n) is 5.75. The minimum Gasteiger partial charge on any atom is -0.493 e. The Hall–Kier alpha value is -2.20. The summed E-state index contributed by atoms with van der Waals surface area (Å²) in [5.74, 6) is 1.48. The number of rotatable bonds is 6. The molecule has 0 unspecified atom stereocenters. The van der Waals surface area contributed by atoms with Gasteiger partial charge in [-0.05, 0) is 47.7 Å². The van der Waals surface area contributed by atoms with Crippen molar-refractivity contribution in [2.45, 2.75) is 19.4 Å². The summed E-state index contributed by atoms with van der Waals surface area (Å²) in [5, 5.41) is 1.54. The normalized spacial score (nSPS) is 13.7. The number of nitrogens with zero attached hydrogens (tertiary/aromatic N) is 1. The first-order chi connectivity index (χ1) is 14.6. The molecule has 156 valence electrons. The molecular weight excluding hydrogens is 417 g/mol. The Morgan fingerprint density at radius 2 is 1.67 bits per heavy atom. The van der Waals surface area contributed by atoms with Gasteiger partial charge < -0.3 is 9.47 Å². The highest BCUT2D eigenvalue weighted by Crippen LogP contribution is 2.46. The first-order valence-corrected chi connectivity index (χ1v) is 10.9. The van der Waals surface area contributed by atoms with Gasteiger partial charge in [-0.3, -0.25) is 4.90 Å². The lowest BCUT2D eigenvalue weighted by atomic mass is 9.89. The molecule has 3 aromatic carbocycles. The quantitative estimate of drug-likeness (QED) is 0.449. The van der Waals surface area contributed by atoms with Crippen molar-refractivity contribution in [1.29, 1.82) is 0 Å². The molecule has 30 heavy (non-hydrogen) atoms. The van der Waals surface area contributed by atoms with Gasteiger partial charge in [0.25, 0.3) is 0 Å². The zero-order valence-electron chi connectivity index (χ0n) is 17.3. The number of hydrogen-bond donors (Lipinski definition) is 0. The molecule has 0 aliphatic carbocycles. The molecule has 0 spiro atoms. The van der Waals surface area contributed by atoms with Crippen LogP contribution in [0, 0.1) is 0 Å². The van der Waals surface area contributed by atoms with Gasteiger partial charge in [0, 0.05) is 40.8 Å². The Labute approximate surface area is 188 Å². The standard InChI is InChI=1S/C25H25Cl2NO2/c1-29-23-15-18-12-14-28(13-11-17-7-3-5-9-21(17)26)16-20(18)24(25(23)30-2)19-8-4-6-10-22(19)27/h3-10,15H,11-14,16H2,1-2H3. The highest BCUT2D eigenvalue weighted by molar-refractivity contribution is 6.33. The smallest absolute Gasteiger partial charge is 0.168 e. The molecule has 0 amide bonds. The van der Waals surface area contributed by atoms with Crippen LogP contribution in [0.4, 0.5) is 0 Å². The van der Waals surface area contributed by atoms with Gasteiger partial charge in [0.1, 0.15) is 0 Å². The summed E-state index contributed by atoms with van der Waals surface area (Å²) in [6.45, 7) is 2.77. The molecule has 3 nitrogen and oxygen atoms in total. The van der Waals surface area contributed by atoms with Crippen LogP contribution in [0.1, 0.15) is 16.7 Å². The SMILES string of the molecule is COc1cc2c(c(-c3ccccc3Cl)c1OC)CN(CCc1ccccc1Cl)CC2. The van der Waals surface area contributed by atoms with Crippen molar-refractivity contribution in [2.75, 3.05) is 27.3 Å². The van der Waals surface area contributed by atoms with Gasteiger partial charge in [-0.2, -0.15) is 0 Å². The summed E-state index contributed by atoms with van der Waals surface area (Å²) in [6, 6.07) is 18.1. The second-order valence-corrected chi connectivity index (χ2v) is 8.29. The van der Waals surface area contributed by atoms with E-state index in [2.05, 4.69) is 17.0 Å². The van der Waals surface area contributed by atoms with Crippen LogP contribution in [0.5, 0.6) is 11.5 Å². The predicted octanol–water partition coefficient (Wildman–Crippen LogP) is 6.28. The van der Waals surface area contributed by atoms with Gasteiger partial charge in [0.05, 0.1) is 14.2 Å². The molecule has 1 aliphatic heterocycles. The summed E-state index contributed by atoms with van der Waals surface area (Å²) in [5.41, 5.74) is 5.73. The molecule has 0 saturated heterocycles. The molecule has 0 atom stereocenters. The van der Waals surface area contributed by atoms with Crippen LogP contribution in [0.25, 0.3) is 11.1 Å². The van der Waals surface area contributed by atoms with E-state index in [1.807, 2.05) is 42.5 Å². The van der Waals surface area contributed by atoms with Crippen molar-refractivity contribution in [3.05, 3.63) is 81.3 Å². The van der Waals surface area contributed by atoms with Crippen molar-refractivity contribution >= 4 is 23.2 Å². The summed E-state index contributed by atoms with van der Waals surface area (Å²) < 4.78 is 11.5. The second kappa shape index (κ2) is 9.30. The lowest BCUT2D eigenvalue weighted by Crippen LogP contribution is -2.32. The zero-order valence-corrected chi connectivity index (χ0v) is 18.8. The van der Waals surface area contributed by atoms with Crippen LogP contribution < -0.4 is 9.47 Å². The lowest BCUT2D eigenvalue weighted by molar-refractivity contribution is 0.256. The van der Waals surface area contributed by atoms with E-state index in [4.69, 9.17) is 32.7 Å². The van der Waals surface area contributed by atoms with E-state index in [1.165, 1.54) is 16.7 Å². The van der Waals surface area contributed by atoms with E-state index in [9.17, 15) is 0 Å². The molecule has 4 rings (SSSR count). The van der Waals surface area contributed by atoms with Crippen molar-refractivity contribution in [3.63, 3.8) is 0 Å². The van der Waals surface area contributed by atoms with Gasteiger partial charge >= 0.3 is 0 Å². The maximum atomic E-state index is 6.60. The van der Waals surface area contributed by atoms with Gasteiger partial charge in [-0.25, -0.2) is 0 Å². The topological polar surface area (TPSA) is 21.7 Å². The predicted molar refractivity (Wildman–Crippen MR) is 124 cm³/mol. The maximum absolute atomic E-state index is 6.60. The molecule has 5 heteroatoms. The van der Waals surface area contributed by atoms with E-state index in [0.29, 0.717) is 5.02 Å². The van der Waals surface area contributed by atoms with Gasteiger partial charge in [-0.15, -0.1) is 0 Å². The fourth-order valence-corrected chi connectivity index (χ4v) is 4.65. The van der Waals surface area contributed by atoms with E-state index >= 15 is 0 Å². The number of ether oxygens (including phenoxy) is 2. The average molecular weight is 442 g/mol. The molecule has 1 aliphatic rings. The number of methoxy groups -OCH3 is 2. The van der Waals surface area contributed by atoms with Crippen LogP contribution in [0.15, 0.2) is 54.6 Å². The lowest BCUT2D eigenvalue weighted by Gasteiger charge is -2.32. The van der Waals surface area contributed by atoms with Gasteiger partial charge in [0.15, 0.2) is 11.5 Å². The monoisotopic (exact) mass is 441 g/mol. The Kier molecular flexibility index (Phi) is 6.52. The highest BCUT2D eigenvalue weighted by Gasteiger charge is 2.26. The summed E-state index contributed by atoms with van der Waals surface area (Å²) in [7, 11) is 3.36. The number of fused-ring (bicyclic) bond motifs is 1. The first kappa shape index (κ1) is 21.0. The molecule has 0 aromatic heterocycles. The van der Waals surface area contributed by atoms with Crippen molar-refractivity contribution in [1.82, 2.24) is 4.90 Å². The van der Waals surface area contributed by atoms with Crippen LogP contribution in [0.3, 0.4) is 0 Å². The minimum absolute atomic E-state index is 0.708. The number of hydrogen-bond acceptors (Lipinski definition) is 3. The maximum Gasteiger partial charge on any atom is 0.168 e. The summed E-state index contributed by atoms with van der Waals surface area (Å²) in [6.07, 6.45) is 1.87. The second-order valence-electron chi connectivity index (χ2n) is 7.47. The fraction of sp³-hybridized carbons (Fsp3) is 0.280. The van der Waals surface area contributed by atoms with E-state index < -0.39 is 0 Å². The number of benzene rings is 3. The molecule has 0 fully saturated rings. The largest absolute Gasteiger partial charge is 0.493 e. The Morgan fingerprint density at radius 3 is 2.37 bits per heavy atom. The third-order valence-corrected chi connectivity index (χ3v) is 6.45. The van der Waals surface area contributed by atoms with Crippen LogP contribution in [-0.4, -0.2) is 32.2 Å². The fourth-order valence-electron chi connectivity index (χ4n) is 4.19. The molecule has 0 radical (unpaired) electrons. The van der Waals surface area contributed by atoms with Crippen LogP contribution >= 0.6 is 23.2 Å².